The van der Waals surface area contributed by atoms with Gasteiger partial charge >= 0.3 is 12.2 Å². The monoisotopic (exact) mass is 342 g/mol. The van der Waals surface area contributed by atoms with Gasteiger partial charge in [-0.3, -0.25) is 9.68 Å². The lowest BCUT2D eigenvalue weighted by Crippen LogP contribution is -2.25. The second kappa shape index (κ2) is 14.5. The average molecular weight is 342 g/mol. The van der Waals surface area contributed by atoms with Crippen LogP contribution in [0.3, 0.4) is 0 Å². The van der Waals surface area contributed by atoms with E-state index in [1.54, 1.807) is 13.8 Å². The number of rotatable bonds is 11. The van der Waals surface area contributed by atoms with E-state index in [9.17, 15) is 9.59 Å². The second-order valence-corrected chi connectivity index (χ2v) is 5.39. The van der Waals surface area contributed by atoms with Gasteiger partial charge in [0.25, 0.3) is 0 Å². The van der Waals surface area contributed by atoms with E-state index in [0.29, 0.717) is 13.1 Å². The summed E-state index contributed by atoms with van der Waals surface area (Å²) < 4.78 is 0. The maximum absolute atomic E-state index is 11.3. The van der Waals surface area contributed by atoms with Crippen molar-refractivity contribution >= 4 is 23.6 Å². The lowest BCUT2D eigenvalue weighted by atomic mass is 10.2. The molecule has 0 spiro atoms. The van der Waals surface area contributed by atoms with E-state index in [1.807, 2.05) is 13.8 Å². The lowest BCUT2D eigenvalue weighted by molar-refractivity contribution is 0.149. The summed E-state index contributed by atoms with van der Waals surface area (Å²) in [6, 6.07) is 0. The Kier molecular flexibility index (Phi) is 13.2. The Hall–Kier alpha value is -2.12. The first-order valence-corrected chi connectivity index (χ1v) is 8.46. The number of nitrogens with one attached hydrogen (secondary N) is 2. The Morgan fingerprint density at radius 2 is 1.12 bits per heavy atom. The highest BCUT2D eigenvalue weighted by atomic mass is 16.7. The fourth-order valence-corrected chi connectivity index (χ4v) is 1.42. The molecule has 0 aliphatic rings. The zero-order chi connectivity index (χ0) is 18.2. The van der Waals surface area contributed by atoms with Crippen molar-refractivity contribution in [2.75, 3.05) is 13.1 Å². The third-order valence-electron chi connectivity index (χ3n) is 3.23. The van der Waals surface area contributed by atoms with Gasteiger partial charge in [-0.1, -0.05) is 37.0 Å². The summed E-state index contributed by atoms with van der Waals surface area (Å²) in [6.45, 7) is 8.56. The second-order valence-electron chi connectivity index (χ2n) is 5.39. The maximum atomic E-state index is 11.3. The smallest absolute Gasteiger partial charge is 0.320 e. The minimum atomic E-state index is -0.532. The van der Waals surface area contributed by atoms with Crippen LogP contribution >= 0.6 is 0 Å². The molecule has 24 heavy (non-hydrogen) atoms. The molecule has 2 amide bonds. The van der Waals surface area contributed by atoms with Crippen molar-refractivity contribution in [3.8, 4) is 0 Å². The molecular weight excluding hydrogens is 312 g/mol. The van der Waals surface area contributed by atoms with E-state index in [0.717, 1.165) is 49.9 Å². The first-order chi connectivity index (χ1) is 11.5. The van der Waals surface area contributed by atoms with Crippen LogP contribution < -0.4 is 10.6 Å². The van der Waals surface area contributed by atoms with Gasteiger partial charge in [0.15, 0.2) is 0 Å². The van der Waals surface area contributed by atoms with Crippen molar-refractivity contribution in [3.63, 3.8) is 0 Å². The summed E-state index contributed by atoms with van der Waals surface area (Å²) in [7, 11) is 0. The summed E-state index contributed by atoms with van der Waals surface area (Å²) in [6.07, 6.45) is 4.01. The molecule has 0 aromatic heterocycles. The van der Waals surface area contributed by atoms with Crippen molar-refractivity contribution in [2.24, 2.45) is 10.3 Å². The third-order valence-corrected chi connectivity index (χ3v) is 3.23. The first-order valence-electron chi connectivity index (χ1n) is 8.46. The molecule has 0 unspecified atom stereocenters. The van der Waals surface area contributed by atoms with Crippen LogP contribution in [0, 0.1) is 0 Å². The standard InChI is InChI=1S/C16H30N4O4/c1-5-13(3)19-23-15(21)17-11-9-7-8-10-12-18-16(22)24-20-14(4)6-2/h5-12H2,1-4H3,(H,17,21)(H,18,22)/b19-13-,20-14-. The van der Waals surface area contributed by atoms with Crippen LogP contribution in [0.4, 0.5) is 9.59 Å². The molecule has 0 bridgehead atoms. The Bertz CT molecular complexity index is 396. The predicted octanol–water partition coefficient (Wildman–Crippen LogP) is 3.57. The van der Waals surface area contributed by atoms with Gasteiger partial charge in [-0.25, -0.2) is 9.59 Å². The minimum absolute atomic E-state index is 0.532. The number of amides is 2. The molecule has 0 aromatic carbocycles. The minimum Gasteiger partial charge on any atom is -0.320 e. The molecule has 0 radical (unpaired) electrons. The van der Waals surface area contributed by atoms with Crippen molar-refractivity contribution in [1.29, 1.82) is 0 Å². The number of carbonyl (C=O) groups is 2. The van der Waals surface area contributed by atoms with Crippen LogP contribution in [0.2, 0.25) is 0 Å². The van der Waals surface area contributed by atoms with Gasteiger partial charge in [0.05, 0.1) is 11.4 Å². The fourth-order valence-electron chi connectivity index (χ4n) is 1.42. The van der Waals surface area contributed by atoms with Gasteiger partial charge in [-0.2, -0.15) is 0 Å². The summed E-state index contributed by atoms with van der Waals surface area (Å²) >= 11 is 0. The van der Waals surface area contributed by atoms with Gasteiger partial charge in [0.1, 0.15) is 0 Å². The molecule has 0 aliphatic heterocycles. The summed E-state index contributed by atoms with van der Waals surface area (Å²) in [4.78, 5) is 31.9. The summed E-state index contributed by atoms with van der Waals surface area (Å²) in [5.74, 6) is 0. The Balaban J connectivity index is 3.48. The average Bonchev–Trinajstić information content (AvgIpc) is 2.59. The molecule has 0 heterocycles. The lowest BCUT2D eigenvalue weighted by Gasteiger charge is -2.05. The Morgan fingerprint density at radius 1 is 0.750 bits per heavy atom. The van der Waals surface area contributed by atoms with Crippen LogP contribution in [-0.2, 0) is 9.68 Å². The maximum Gasteiger partial charge on any atom is 0.433 e. The van der Waals surface area contributed by atoms with E-state index < -0.39 is 12.2 Å². The van der Waals surface area contributed by atoms with Crippen molar-refractivity contribution in [1.82, 2.24) is 10.6 Å². The van der Waals surface area contributed by atoms with Crippen LogP contribution in [0.5, 0.6) is 0 Å². The molecule has 0 rings (SSSR count). The van der Waals surface area contributed by atoms with Crippen LogP contribution in [-0.4, -0.2) is 36.7 Å². The normalized spacial score (nSPS) is 11.8. The topological polar surface area (TPSA) is 101 Å². The van der Waals surface area contributed by atoms with Gasteiger partial charge in [-0.05, 0) is 39.5 Å². The number of unbranched alkanes of at least 4 members (excludes halogenated alkanes) is 3. The fraction of sp³-hybridized carbons (Fsp3) is 0.750. The zero-order valence-electron chi connectivity index (χ0n) is 15.2. The molecule has 2 N–H and O–H groups in total. The molecule has 0 atom stereocenters. The molecule has 0 aliphatic carbocycles. The summed E-state index contributed by atoms with van der Waals surface area (Å²) in [5.41, 5.74) is 1.54. The van der Waals surface area contributed by atoms with Crippen molar-refractivity contribution < 1.29 is 19.3 Å². The van der Waals surface area contributed by atoms with Crippen LogP contribution in [0.1, 0.15) is 66.2 Å². The van der Waals surface area contributed by atoms with Gasteiger partial charge in [0, 0.05) is 13.1 Å². The van der Waals surface area contributed by atoms with Gasteiger partial charge < -0.3 is 10.6 Å². The van der Waals surface area contributed by atoms with E-state index in [1.165, 1.54) is 0 Å². The summed E-state index contributed by atoms with van der Waals surface area (Å²) in [5, 5.41) is 12.6. The van der Waals surface area contributed by atoms with E-state index in [-0.39, 0.29) is 0 Å². The molecule has 0 saturated carbocycles. The zero-order valence-corrected chi connectivity index (χ0v) is 15.2. The highest BCUT2D eigenvalue weighted by Gasteiger charge is 2.02. The first kappa shape index (κ1) is 21.9. The van der Waals surface area contributed by atoms with E-state index in [4.69, 9.17) is 0 Å². The van der Waals surface area contributed by atoms with E-state index in [2.05, 4.69) is 30.6 Å². The molecule has 8 heteroatoms. The SMILES string of the molecule is CC/C(C)=N\OC(=O)NCCCCCCNC(=O)O/N=C(/C)CC. The number of hydrogen-bond acceptors (Lipinski definition) is 6. The number of hydrogen-bond donors (Lipinski definition) is 2. The van der Waals surface area contributed by atoms with E-state index >= 15 is 0 Å². The van der Waals surface area contributed by atoms with Gasteiger partial charge in [0.2, 0.25) is 0 Å². The molecule has 0 aromatic rings. The quantitative estimate of drug-likeness (QED) is 0.259. The molecule has 0 fully saturated rings. The Morgan fingerprint density at radius 3 is 1.46 bits per heavy atom. The highest BCUT2D eigenvalue weighted by molar-refractivity contribution is 5.82. The van der Waals surface area contributed by atoms with Crippen molar-refractivity contribution in [2.45, 2.75) is 66.2 Å². The number of oxime groups is 2. The van der Waals surface area contributed by atoms with Crippen molar-refractivity contribution in [3.05, 3.63) is 0 Å². The van der Waals surface area contributed by atoms with Crippen LogP contribution in [0.25, 0.3) is 0 Å². The number of carbonyl (C=O) groups excluding carboxylic acids is 2. The molecule has 8 nitrogen and oxygen atoms in total. The predicted molar refractivity (Wildman–Crippen MR) is 94.2 cm³/mol. The Labute approximate surface area is 144 Å². The molecule has 138 valence electrons. The highest BCUT2D eigenvalue weighted by Crippen LogP contribution is 1.98. The number of nitrogens with zero attached hydrogens (tertiary/aromatic N) is 2. The van der Waals surface area contributed by atoms with Crippen LogP contribution in [0.15, 0.2) is 10.3 Å². The molecule has 0 saturated heterocycles. The van der Waals surface area contributed by atoms with Gasteiger partial charge in [-0.15, -0.1) is 0 Å². The largest absolute Gasteiger partial charge is 0.433 e. The third kappa shape index (κ3) is 13.5. The molecular formula is C16H30N4O4.